The standard InChI is InChI=1S/C16H29N3O/c1-5-6-11-7-9-12(10-8-11)14-18-15(20-19-14)13(17)16(2,3)4/h11-13H,5-10,17H2,1-4H3. The summed E-state index contributed by atoms with van der Waals surface area (Å²) < 4.78 is 5.39. The van der Waals surface area contributed by atoms with Gasteiger partial charge in [0.25, 0.3) is 0 Å². The van der Waals surface area contributed by atoms with Crippen LogP contribution in [0.5, 0.6) is 0 Å². The number of nitrogens with zero attached hydrogens (tertiary/aromatic N) is 2. The van der Waals surface area contributed by atoms with Crippen molar-refractivity contribution in [3.63, 3.8) is 0 Å². The van der Waals surface area contributed by atoms with Crippen molar-refractivity contribution in [2.75, 3.05) is 0 Å². The quantitative estimate of drug-likeness (QED) is 0.897. The molecule has 1 saturated carbocycles. The van der Waals surface area contributed by atoms with Gasteiger partial charge >= 0.3 is 0 Å². The molecule has 20 heavy (non-hydrogen) atoms. The minimum atomic E-state index is -0.194. The Balaban J connectivity index is 1.97. The summed E-state index contributed by atoms with van der Waals surface area (Å²) in [6, 6.07) is -0.194. The van der Waals surface area contributed by atoms with E-state index in [1.165, 1.54) is 38.5 Å². The highest BCUT2D eigenvalue weighted by Gasteiger charge is 2.30. The second-order valence-corrected chi connectivity index (χ2v) is 7.34. The van der Waals surface area contributed by atoms with Crippen molar-refractivity contribution < 1.29 is 4.52 Å². The van der Waals surface area contributed by atoms with Gasteiger partial charge in [0, 0.05) is 5.92 Å². The van der Waals surface area contributed by atoms with Gasteiger partial charge in [-0.25, -0.2) is 0 Å². The van der Waals surface area contributed by atoms with Gasteiger partial charge in [-0.05, 0) is 37.0 Å². The molecule has 0 spiro atoms. The van der Waals surface area contributed by atoms with E-state index >= 15 is 0 Å². The molecule has 0 aliphatic heterocycles. The molecular formula is C16H29N3O. The molecule has 4 heteroatoms. The van der Waals surface area contributed by atoms with Gasteiger partial charge in [0.2, 0.25) is 5.89 Å². The summed E-state index contributed by atoms with van der Waals surface area (Å²) in [5.41, 5.74) is 6.13. The van der Waals surface area contributed by atoms with Crippen molar-refractivity contribution in [3.05, 3.63) is 11.7 Å². The number of nitrogens with two attached hydrogens (primary N) is 1. The molecule has 0 radical (unpaired) electrons. The van der Waals surface area contributed by atoms with Crippen LogP contribution >= 0.6 is 0 Å². The number of rotatable bonds is 4. The van der Waals surface area contributed by atoms with Gasteiger partial charge in [-0.15, -0.1) is 0 Å². The molecule has 1 aliphatic carbocycles. The Morgan fingerprint density at radius 3 is 2.45 bits per heavy atom. The van der Waals surface area contributed by atoms with Crippen LogP contribution in [-0.2, 0) is 0 Å². The zero-order chi connectivity index (χ0) is 14.8. The Morgan fingerprint density at radius 2 is 1.90 bits per heavy atom. The molecule has 1 aromatic heterocycles. The van der Waals surface area contributed by atoms with E-state index in [2.05, 4.69) is 37.8 Å². The van der Waals surface area contributed by atoms with Crippen LogP contribution in [0.1, 0.15) is 89.9 Å². The van der Waals surface area contributed by atoms with Crippen molar-refractivity contribution in [2.45, 2.75) is 78.2 Å². The molecule has 1 aliphatic rings. The van der Waals surface area contributed by atoms with Crippen LogP contribution in [0.2, 0.25) is 0 Å². The maximum Gasteiger partial charge on any atom is 0.244 e. The summed E-state index contributed by atoms with van der Waals surface area (Å²) in [5.74, 6) is 2.82. The summed E-state index contributed by atoms with van der Waals surface area (Å²) in [5, 5.41) is 4.18. The lowest BCUT2D eigenvalue weighted by Gasteiger charge is -2.26. The van der Waals surface area contributed by atoms with Crippen molar-refractivity contribution in [2.24, 2.45) is 17.1 Å². The predicted molar refractivity (Wildman–Crippen MR) is 80.3 cm³/mol. The highest BCUT2D eigenvalue weighted by atomic mass is 16.5. The Morgan fingerprint density at radius 1 is 1.25 bits per heavy atom. The smallest absolute Gasteiger partial charge is 0.244 e. The van der Waals surface area contributed by atoms with E-state index in [1.54, 1.807) is 0 Å². The van der Waals surface area contributed by atoms with Gasteiger partial charge in [0.05, 0.1) is 6.04 Å². The Bertz CT molecular complexity index is 414. The van der Waals surface area contributed by atoms with Gasteiger partial charge in [-0.3, -0.25) is 0 Å². The minimum Gasteiger partial charge on any atom is -0.338 e. The van der Waals surface area contributed by atoms with Crippen molar-refractivity contribution in [1.82, 2.24) is 10.1 Å². The Labute approximate surface area is 122 Å². The average molecular weight is 279 g/mol. The van der Waals surface area contributed by atoms with Crippen LogP contribution in [0, 0.1) is 11.3 Å². The van der Waals surface area contributed by atoms with Crippen LogP contribution in [-0.4, -0.2) is 10.1 Å². The third-order valence-electron chi connectivity index (χ3n) is 4.57. The van der Waals surface area contributed by atoms with E-state index in [-0.39, 0.29) is 11.5 Å². The SMILES string of the molecule is CCCC1CCC(c2noc(C(N)C(C)(C)C)n2)CC1. The van der Waals surface area contributed by atoms with E-state index in [9.17, 15) is 0 Å². The summed E-state index contributed by atoms with van der Waals surface area (Å²) in [6.45, 7) is 8.55. The molecule has 0 aromatic carbocycles. The zero-order valence-electron chi connectivity index (χ0n) is 13.4. The van der Waals surface area contributed by atoms with E-state index in [1.807, 2.05) is 0 Å². The number of hydrogen-bond acceptors (Lipinski definition) is 4. The lowest BCUT2D eigenvalue weighted by atomic mass is 9.80. The summed E-state index contributed by atoms with van der Waals surface area (Å²) in [7, 11) is 0. The normalized spacial score (nSPS) is 25.6. The first kappa shape index (κ1) is 15.5. The van der Waals surface area contributed by atoms with Crippen molar-refractivity contribution in [3.8, 4) is 0 Å². The highest BCUT2D eigenvalue weighted by molar-refractivity contribution is 5.02. The third-order valence-corrected chi connectivity index (χ3v) is 4.57. The van der Waals surface area contributed by atoms with Crippen LogP contribution < -0.4 is 5.73 Å². The molecule has 0 bridgehead atoms. The monoisotopic (exact) mass is 279 g/mol. The summed E-state index contributed by atoms with van der Waals surface area (Å²) in [4.78, 5) is 4.57. The molecule has 4 nitrogen and oxygen atoms in total. The van der Waals surface area contributed by atoms with Crippen molar-refractivity contribution >= 4 is 0 Å². The molecule has 2 rings (SSSR count). The molecule has 0 amide bonds. The molecule has 1 aromatic rings. The van der Waals surface area contributed by atoms with Gasteiger partial charge in [-0.1, -0.05) is 45.7 Å². The molecule has 0 saturated heterocycles. The first-order valence-electron chi connectivity index (χ1n) is 8.01. The highest BCUT2D eigenvalue weighted by Crippen LogP contribution is 2.37. The van der Waals surface area contributed by atoms with E-state index < -0.39 is 0 Å². The average Bonchev–Trinajstić information content (AvgIpc) is 2.87. The molecular weight excluding hydrogens is 250 g/mol. The Kier molecular flexibility index (Phi) is 4.84. The van der Waals surface area contributed by atoms with Crippen molar-refractivity contribution in [1.29, 1.82) is 0 Å². The molecule has 1 heterocycles. The van der Waals surface area contributed by atoms with Gasteiger partial charge < -0.3 is 10.3 Å². The van der Waals surface area contributed by atoms with Crippen LogP contribution in [0.15, 0.2) is 4.52 Å². The number of aromatic nitrogens is 2. The lowest BCUT2D eigenvalue weighted by Crippen LogP contribution is -2.26. The molecule has 2 N–H and O–H groups in total. The predicted octanol–water partition coefficient (Wildman–Crippen LogP) is 4.19. The van der Waals surface area contributed by atoms with E-state index in [0.717, 1.165) is 11.7 Å². The topological polar surface area (TPSA) is 64.9 Å². The van der Waals surface area contributed by atoms with Gasteiger partial charge in [0.15, 0.2) is 5.82 Å². The molecule has 1 unspecified atom stereocenters. The third kappa shape index (κ3) is 3.60. The van der Waals surface area contributed by atoms with Gasteiger partial charge in [-0.2, -0.15) is 4.98 Å². The number of hydrogen-bond donors (Lipinski definition) is 1. The maximum absolute atomic E-state index is 6.18. The minimum absolute atomic E-state index is 0.0530. The fraction of sp³-hybridized carbons (Fsp3) is 0.875. The van der Waals surface area contributed by atoms with Crippen LogP contribution in [0.4, 0.5) is 0 Å². The van der Waals surface area contributed by atoms with Crippen LogP contribution in [0.25, 0.3) is 0 Å². The van der Waals surface area contributed by atoms with Gasteiger partial charge in [0.1, 0.15) is 0 Å². The second kappa shape index (κ2) is 6.25. The lowest BCUT2D eigenvalue weighted by molar-refractivity contribution is 0.250. The van der Waals surface area contributed by atoms with Crippen LogP contribution in [0.3, 0.4) is 0 Å². The first-order valence-corrected chi connectivity index (χ1v) is 8.01. The fourth-order valence-electron chi connectivity index (χ4n) is 3.03. The van der Waals surface area contributed by atoms with E-state index in [0.29, 0.717) is 11.8 Å². The summed E-state index contributed by atoms with van der Waals surface area (Å²) in [6.07, 6.45) is 7.63. The molecule has 1 fully saturated rings. The molecule has 114 valence electrons. The maximum atomic E-state index is 6.18. The summed E-state index contributed by atoms with van der Waals surface area (Å²) >= 11 is 0. The fourth-order valence-corrected chi connectivity index (χ4v) is 3.03. The Hall–Kier alpha value is -0.900. The second-order valence-electron chi connectivity index (χ2n) is 7.34. The first-order chi connectivity index (χ1) is 9.41. The largest absolute Gasteiger partial charge is 0.338 e. The van der Waals surface area contributed by atoms with E-state index in [4.69, 9.17) is 10.3 Å². The zero-order valence-corrected chi connectivity index (χ0v) is 13.4. The molecule has 1 atom stereocenters.